The van der Waals surface area contributed by atoms with E-state index < -0.39 is 0 Å². The monoisotopic (exact) mass is 244 g/mol. The Morgan fingerprint density at radius 1 is 0.842 bits per heavy atom. The minimum absolute atomic E-state index is 0.450. The van der Waals surface area contributed by atoms with E-state index in [0.717, 1.165) is 16.2 Å². The van der Waals surface area contributed by atoms with Crippen LogP contribution in [-0.2, 0) is 0 Å². The van der Waals surface area contributed by atoms with Crippen molar-refractivity contribution < 1.29 is 0 Å². The van der Waals surface area contributed by atoms with E-state index in [-0.39, 0.29) is 0 Å². The number of diazo groups is 1. The van der Waals surface area contributed by atoms with Gasteiger partial charge in [0.2, 0.25) is 5.39 Å². The molecule has 3 heteroatoms. The van der Waals surface area contributed by atoms with Gasteiger partial charge in [-0.1, -0.05) is 36.4 Å². The lowest BCUT2D eigenvalue weighted by atomic mass is 9.93. The van der Waals surface area contributed by atoms with E-state index >= 15 is 0 Å². The highest BCUT2D eigenvalue weighted by Crippen LogP contribution is 2.41. The third-order valence-electron chi connectivity index (χ3n) is 3.75. The van der Waals surface area contributed by atoms with Crippen LogP contribution in [0.5, 0.6) is 0 Å². The Morgan fingerprint density at radius 3 is 2.26 bits per heavy atom. The molecule has 0 aliphatic rings. The second kappa shape index (κ2) is 3.33. The molecule has 0 amide bonds. The van der Waals surface area contributed by atoms with Gasteiger partial charge in [-0.2, -0.15) is 0 Å². The lowest BCUT2D eigenvalue weighted by Gasteiger charge is -2.09. The summed E-state index contributed by atoms with van der Waals surface area (Å²) in [6.45, 7) is 0. The lowest BCUT2D eigenvalue weighted by molar-refractivity contribution is 1.47. The zero-order chi connectivity index (χ0) is 13.0. The SMILES string of the molecule is N#[N+]c1c(N)cc2ccc3cccc4ccc1c2c34. The Kier molecular flexibility index (Phi) is 1.77. The highest BCUT2D eigenvalue weighted by atomic mass is 14.9. The smallest absolute Gasteiger partial charge is 0.392 e. The molecule has 2 N–H and O–H groups in total. The first-order valence-corrected chi connectivity index (χ1v) is 6.11. The van der Waals surface area contributed by atoms with Crippen LogP contribution in [0.25, 0.3) is 37.3 Å². The molecule has 0 saturated carbocycles. The largest absolute Gasteiger partial charge is 0.415 e. The molecule has 0 spiro atoms. The molecular weight excluding hydrogens is 234 g/mol. The molecule has 4 aromatic carbocycles. The summed E-state index contributed by atoms with van der Waals surface area (Å²) in [5.41, 5.74) is 6.89. The molecule has 19 heavy (non-hydrogen) atoms. The quantitative estimate of drug-likeness (QED) is 0.278. The van der Waals surface area contributed by atoms with Crippen molar-refractivity contribution in [3.63, 3.8) is 0 Å². The van der Waals surface area contributed by atoms with E-state index in [9.17, 15) is 5.39 Å². The van der Waals surface area contributed by atoms with Crippen molar-refractivity contribution in [2.45, 2.75) is 0 Å². The predicted octanol–water partition coefficient (Wildman–Crippen LogP) is 4.65. The van der Waals surface area contributed by atoms with Gasteiger partial charge in [0.15, 0.2) is 4.98 Å². The van der Waals surface area contributed by atoms with Crippen molar-refractivity contribution >= 4 is 43.7 Å². The normalized spacial score (nSPS) is 11.3. The molecule has 88 valence electrons. The van der Waals surface area contributed by atoms with Crippen molar-refractivity contribution in [1.82, 2.24) is 0 Å². The van der Waals surface area contributed by atoms with Crippen molar-refractivity contribution in [3.05, 3.63) is 53.5 Å². The third kappa shape index (κ3) is 1.18. The molecule has 3 nitrogen and oxygen atoms in total. The van der Waals surface area contributed by atoms with Crippen LogP contribution in [-0.4, -0.2) is 0 Å². The molecule has 0 fully saturated rings. The van der Waals surface area contributed by atoms with Gasteiger partial charge in [0.1, 0.15) is 5.69 Å². The second-order valence-corrected chi connectivity index (χ2v) is 4.77. The van der Waals surface area contributed by atoms with E-state index in [1.54, 1.807) is 0 Å². The van der Waals surface area contributed by atoms with Gasteiger partial charge in [-0.25, -0.2) is 0 Å². The first-order valence-electron chi connectivity index (χ1n) is 6.11. The Morgan fingerprint density at radius 2 is 1.53 bits per heavy atom. The Labute approximate surface area is 109 Å². The van der Waals surface area contributed by atoms with Gasteiger partial charge in [0.25, 0.3) is 0 Å². The standard InChI is InChI=1S/C16H10N3/c17-13-8-11-5-4-9-2-1-3-10-6-7-12(16(13)19-18)15(11)14(9)10/h1-8H,17H2/q+1. The minimum atomic E-state index is 0.450. The Bertz CT molecular complexity index is 964. The Hall–Kier alpha value is -2.86. The molecule has 0 aliphatic heterocycles. The number of anilines is 1. The van der Waals surface area contributed by atoms with Gasteiger partial charge in [-0.15, -0.1) is 0 Å². The van der Waals surface area contributed by atoms with Crippen molar-refractivity contribution in [3.8, 4) is 0 Å². The van der Waals surface area contributed by atoms with Crippen molar-refractivity contribution in [2.75, 3.05) is 5.73 Å². The number of nitrogens with two attached hydrogens (primary N) is 1. The molecule has 0 aliphatic carbocycles. The third-order valence-corrected chi connectivity index (χ3v) is 3.75. The fourth-order valence-corrected chi connectivity index (χ4v) is 2.93. The zero-order valence-electron chi connectivity index (χ0n) is 10.1. The van der Waals surface area contributed by atoms with E-state index in [1.807, 2.05) is 24.3 Å². The molecule has 0 aromatic heterocycles. The Balaban J connectivity index is 2.44. The van der Waals surface area contributed by atoms with E-state index in [1.165, 1.54) is 16.2 Å². The van der Waals surface area contributed by atoms with E-state index in [2.05, 4.69) is 29.2 Å². The number of nitrogens with zero attached hydrogens (tertiary/aromatic N) is 2. The fraction of sp³-hybridized carbons (Fsp3) is 0. The van der Waals surface area contributed by atoms with Gasteiger partial charge >= 0.3 is 5.69 Å². The van der Waals surface area contributed by atoms with Crippen LogP contribution < -0.4 is 5.73 Å². The van der Waals surface area contributed by atoms with Crippen molar-refractivity contribution in [2.24, 2.45) is 0 Å². The molecule has 4 aromatic rings. The number of benzene rings is 4. The summed E-state index contributed by atoms with van der Waals surface area (Å²) in [6, 6.07) is 16.3. The summed E-state index contributed by atoms with van der Waals surface area (Å²) < 4.78 is 0. The summed E-state index contributed by atoms with van der Waals surface area (Å²) in [7, 11) is 0. The summed E-state index contributed by atoms with van der Waals surface area (Å²) in [5, 5.41) is 15.8. The summed E-state index contributed by atoms with van der Waals surface area (Å²) in [4.78, 5) is 3.35. The summed E-state index contributed by atoms with van der Waals surface area (Å²) >= 11 is 0. The predicted molar refractivity (Wildman–Crippen MR) is 79.3 cm³/mol. The number of nitrogen functional groups attached to an aromatic ring is 1. The van der Waals surface area contributed by atoms with Crippen LogP contribution in [0.3, 0.4) is 0 Å². The first-order chi connectivity index (χ1) is 9.29. The topological polar surface area (TPSA) is 54.2 Å². The van der Waals surface area contributed by atoms with Gasteiger partial charge in [-0.3, -0.25) is 0 Å². The second-order valence-electron chi connectivity index (χ2n) is 4.77. The van der Waals surface area contributed by atoms with Crippen LogP contribution in [0.15, 0.2) is 48.5 Å². The molecule has 0 unspecified atom stereocenters. The maximum atomic E-state index is 9.19. The van der Waals surface area contributed by atoms with E-state index in [4.69, 9.17) is 5.73 Å². The fourth-order valence-electron chi connectivity index (χ4n) is 2.93. The summed E-state index contributed by atoms with van der Waals surface area (Å²) in [5.74, 6) is 0. The van der Waals surface area contributed by atoms with Crippen LogP contribution in [0, 0.1) is 5.39 Å². The molecule has 0 heterocycles. The van der Waals surface area contributed by atoms with Crippen LogP contribution in [0.1, 0.15) is 0 Å². The average molecular weight is 244 g/mol. The average Bonchev–Trinajstić information content (AvgIpc) is 2.44. The molecule has 0 saturated heterocycles. The van der Waals surface area contributed by atoms with Gasteiger partial charge < -0.3 is 5.73 Å². The highest BCUT2D eigenvalue weighted by Gasteiger charge is 2.20. The highest BCUT2D eigenvalue weighted by molar-refractivity contribution is 6.26. The molecule has 4 rings (SSSR count). The number of hydrogen-bond acceptors (Lipinski definition) is 2. The minimum Gasteiger partial charge on any atom is -0.392 e. The van der Waals surface area contributed by atoms with Crippen LogP contribution >= 0.6 is 0 Å². The van der Waals surface area contributed by atoms with Gasteiger partial charge in [-0.05, 0) is 33.7 Å². The number of rotatable bonds is 0. The zero-order valence-corrected chi connectivity index (χ0v) is 10.1. The first kappa shape index (κ1) is 10.1. The van der Waals surface area contributed by atoms with Gasteiger partial charge in [0, 0.05) is 5.39 Å². The van der Waals surface area contributed by atoms with Crippen LogP contribution in [0.4, 0.5) is 11.4 Å². The van der Waals surface area contributed by atoms with E-state index in [0.29, 0.717) is 11.4 Å². The molecular formula is C16H10N3+. The van der Waals surface area contributed by atoms with Crippen molar-refractivity contribution in [1.29, 1.82) is 5.39 Å². The molecule has 0 bridgehead atoms. The lowest BCUT2D eigenvalue weighted by Crippen LogP contribution is -1.89. The molecule has 0 atom stereocenters. The summed E-state index contributed by atoms with van der Waals surface area (Å²) in [6.07, 6.45) is 0. The maximum Gasteiger partial charge on any atom is 0.415 e. The van der Waals surface area contributed by atoms with Gasteiger partial charge in [0.05, 0.1) is 5.39 Å². The maximum absolute atomic E-state index is 9.19. The number of hydrogen-bond donors (Lipinski definition) is 1. The molecule has 0 radical (unpaired) electrons. The van der Waals surface area contributed by atoms with Crippen LogP contribution in [0.2, 0.25) is 0 Å².